The summed E-state index contributed by atoms with van der Waals surface area (Å²) in [5, 5.41) is 2.64. The molecule has 0 saturated carbocycles. The molecule has 6 nitrogen and oxygen atoms in total. The summed E-state index contributed by atoms with van der Waals surface area (Å²) < 4.78 is 20.1. The lowest BCUT2D eigenvalue weighted by Crippen LogP contribution is -2.34. The third-order valence-corrected chi connectivity index (χ3v) is 3.90. The molecule has 1 heterocycles. The second-order valence-corrected chi connectivity index (χ2v) is 5.70. The average molecular weight is 355 g/mol. The van der Waals surface area contributed by atoms with Gasteiger partial charge in [-0.3, -0.25) is 9.59 Å². The summed E-state index contributed by atoms with van der Waals surface area (Å²) in [5.74, 6) is -0.800. The molecule has 0 bridgehead atoms. The number of aromatic nitrogens is 2. The van der Waals surface area contributed by atoms with Crippen LogP contribution >= 0.6 is 0 Å². The van der Waals surface area contributed by atoms with Gasteiger partial charge in [0.2, 0.25) is 0 Å². The zero-order valence-electron chi connectivity index (χ0n) is 14.2. The zero-order chi connectivity index (χ0) is 18.5. The van der Waals surface area contributed by atoms with Gasteiger partial charge < -0.3 is 14.6 Å². The minimum Gasteiger partial charge on any atom is -0.490 e. The highest BCUT2D eigenvalue weighted by Crippen LogP contribution is 2.15. The van der Waals surface area contributed by atoms with Gasteiger partial charge in [-0.25, -0.2) is 9.37 Å². The zero-order valence-corrected chi connectivity index (χ0v) is 14.2. The van der Waals surface area contributed by atoms with Gasteiger partial charge in [0.15, 0.2) is 17.3 Å². The molecule has 0 aliphatic carbocycles. The van der Waals surface area contributed by atoms with Crippen LogP contribution < -0.4 is 15.6 Å². The maximum absolute atomic E-state index is 13.4. The fourth-order valence-electron chi connectivity index (χ4n) is 2.53. The molecule has 0 unspecified atom stereocenters. The van der Waals surface area contributed by atoms with Crippen molar-refractivity contribution in [3.8, 4) is 5.75 Å². The minimum absolute atomic E-state index is 0.152. The molecule has 1 amide bonds. The molecule has 0 radical (unpaired) electrons. The number of halogens is 1. The lowest BCUT2D eigenvalue weighted by Gasteiger charge is -2.09. The van der Waals surface area contributed by atoms with Gasteiger partial charge in [0, 0.05) is 13.6 Å². The van der Waals surface area contributed by atoms with Gasteiger partial charge in [-0.05, 0) is 30.7 Å². The number of carbonyl (C=O) groups is 1. The molecule has 0 aliphatic heterocycles. The summed E-state index contributed by atoms with van der Waals surface area (Å²) in [4.78, 5) is 28.7. The van der Waals surface area contributed by atoms with Gasteiger partial charge in [-0.2, -0.15) is 0 Å². The van der Waals surface area contributed by atoms with Crippen LogP contribution in [0.25, 0.3) is 11.0 Å². The van der Waals surface area contributed by atoms with E-state index in [1.54, 1.807) is 43.4 Å². The number of aryl methyl sites for hydroxylation is 1. The molecule has 0 aliphatic rings. The molecule has 2 aromatic carbocycles. The van der Waals surface area contributed by atoms with Gasteiger partial charge in [0.05, 0.1) is 17.6 Å². The Kier molecular flexibility index (Phi) is 5.26. The number of hydrogen-bond donors (Lipinski definition) is 1. The van der Waals surface area contributed by atoms with Crippen LogP contribution in [-0.4, -0.2) is 28.6 Å². The molecule has 3 aromatic rings. The van der Waals surface area contributed by atoms with Crippen molar-refractivity contribution in [3.05, 3.63) is 70.4 Å². The van der Waals surface area contributed by atoms with Crippen molar-refractivity contribution in [3.63, 3.8) is 0 Å². The Morgan fingerprint density at radius 1 is 1.19 bits per heavy atom. The van der Waals surface area contributed by atoms with E-state index in [9.17, 15) is 14.0 Å². The maximum Gasteiger partial charge on any atom is 0.282 e. The third kappa shape index (κ3) is 3.72. The second kappa shape index (κ2) is 7.77. The fourth-order valence-corrected chi connectivity index (χ4v) is 2.53. The highest BCUT2D eigenvalue weighted by molar-refractivity contribution is 5.93. The fraction of sp³-hybridized carbons (Fsp3) is 0.211. The number of nitrogens with one attached hydrogen (secondary N) is 1. The molecule has 0 spiro atoms. The van der Waals surface area contributed by atoms with Crippen molar-refractivity contribution in [1.82, 2.24) is 14.9 Å². The maximum atomic E-state index is 13.4. The van der Waals surface area contributed by atoms with Crippen LogP contribution in [0.1, 0.15) is 16.9 Å². The summed E-state index contributed by atoms with van der Waals surface area (Å²) in [7, 11) is 1.60. The molecule has 134 valence electrons. The Bertz CT molecular complexity index is 1000. The van der Waals surface area contributed by atoms with Crippen LogP contribution in [0.15, 0.2) is 53.3 Å². The lowest BCUT2D eigenvalue weighted by molar-refractivity contribution is 0.0944. The van der Waals surface area contributed by atoms with Gasteiger partial charge in [0.25, 0.3) is 11.5 Å². The minimum atomic E-state index is -0.540. The topological polar surface area (TPSA) is 73.2 Å². The molecule has 26 heavy (non-hydrogen) atoms. The SMILES string of the molecule is Cn1c(=O)c(C(=O)NCCCOc2ccccc2F)nc2ccccc21. The lowest BCUT2D eigenvalue weighted by atomic mass is 10.2. The first-order valence-corrected chi connectivity index (χ1v) is 8.19. The molecule has 1 N–H and O–H groups in total. The Hall–Kier alpha value is -3.22. The molecule has 0 saturated heterocycles. The Morgan fingerprint density at radius 3 is 2.73 bits per heavy atom. The van der Waals surface area contributed by atoms with Crippen LogP contribution in [0, 0.1) is 5.82 Å². The van der Waals surface area contributed by atoms with Crippen molar-refractivity contribution >= 4 is 16.9 Å². The average Bonchev–Trinajstić information content (AvgIpc) is 2.65. The van der Waals surface area contributed by atoms with Crippen LogP contribution in [-0.2, 0) is 7.05 Å². The van der Waals surface area contributed by atoms with Gasteiger partial charge in [-0.1, -0.05) is 24.3 Å². The normalized spacial score (nSPS) is 10.7. The number of ether oxygens (including phenoxy) is 1. The molecule has 7 heteroatoms. The molecule has 0 fully saturated rings. The molecular formula is C19H18FN3O3. The van der Waals surface area contributed by atoms with E-state index in [0.29, 0.717) is 17.5 Å². The standard InChI is InChI=1S/C19H18FN3O3/c1-23-15-9-4-3-8-14(15)22-17(19(23)25)18(24)21-11-6-12-26-16-10-5-2-7-13(16)20/h2-5,7-10H,6,11-12H2,1H3,(H,21,24). The van der Waals surface area contributed by atoms with Crippen LogP contribution in [0.2, 0.25) is 0 Å². The number of hydrogen-bond acceptors (Lipinski definition) is 4. The van der Waals surface area contributed by atoms with Gasteiger partial charge >= 0.3 is 0 Å². The highest BCUT2D eigenvalue weighted by atomic mass is 19.1. The number of benzene rings is 2. The van der Waals surface area contributed by atoms with Gasteiger partial charge in [0.1, 0.15) is 0 Å². The quantitative estimate of drug-likeness (QED) is 0.689. The van der Waals surface area contributed by atoms with E-state index < -0.39 is 17.3 Å². The number of rotatable bonds is 6. The number of carbonyl (C=O) groups excluding carboxylic acids is 1. The number of amides is 1. The highest BCUT2D eigenvalue weighted by Gasteiger charge is 2.15. The first-order chi connectivity index (χ1) is 12.6. The van der Waals surface area contributed by atoms with Crippen LogP contribution in [0.4, 0.5) is 4.39 Å². The van der Waals surface area contributed by atoms with Crippen molar-refractivity contribution < 1.29 is 13.9 Å². The number of fused-ring (bicyclic) bond motifs is 1. The van der Waals surface area contributed by atoms with Crippen LogP contribution in [0.5, 0.6) is 5.75 Å². The molecule has 1 aromatic heterocycles. The predicted molar refractivity (Wildman–Crippen MR) is 95.8 cm³/mol. The van der Waals surface area contributed by atoms with E-state index in [2.05, 4.69) is 10.3 Å². The Morgan fingerprint density at radius 2 is 1.92 bits per heavy atom. The predicted octanol–water partition coefficient (Wildman–Crippen LogP) is 2.27. The first kappa shape index (κ1) is 17.6. The summed E-state index contributed by atoms with van der Waals surface area (Å²) in [6, 6.07) is 13.2. The van der Waals surface area contributed by atoms with E-state index in [1.165, 1.54) is 16.7 Å². The van der Waals surface area contributed by atoms with E-state index in [-0.39, 0.29) is 24.6 Å². The molecule has 3 rings (SSSR count). The smallest absolute Gasteiger partial charge is 0.282 e. The van der Waals surface area contributed by atoms with E-state index in [4.69, 9.17) is 4.74 Å². The van der Waals surface area contributed by atoms with Crippen LogP contribution in [0.3, 0.4) is 0 Å². The summed E-state index contributed by atoms with van der Waals surface area (Å²) >= 11 is 0. The van der Waals surface area contributed by atoms with Crippen molar-refractivity contribution in [1.29, 1.82) is 0 Å². The van der Waals surface area contributed by atoms with E-state index in [0.717, 1.165) is 0 Å². The Balaban J connectivity index is 1.59. The largest absolute Gasteiger partial charge is 0.490 e. The second-order valence-electron chi connectivity index (χ2n) is 5.70. The summed E-state index contributed by atoms with van der Waals surface area (Å²) in [6.45, 7) is 0.523. The first-order valence-electron chi connectivity index (χ1n) is 8.19. The van der Waals surface area contributed by atoms with E-state index >= 15 is 0 Å². The number of para-hydroxylation sites is 3. The van der Waals surface area contributed by atoms with Crippen molar-refractivity contribution in [2.75, 3.05) is 13.2 Å². The Labute approximate surface area is 149 Å². The molecule has 0 atom stereocenters. The van der Waals surface area contributed by atoms with Crippen molar-refractivity contribution in [2.45, 2.75) is 6.42 Å². The van der Waals surface area contributed by atoms with E-state index in [1.807, 2.05) is 0 Å². The summed E-state index contributed by atoms with van der Waals surface area (Å²) in [5.41, 5.74) is 0.625. The summed E-state index contributed by atoms with van der Waals surface area (Å²) in [6.07, 6.45) is 0.466. The van der Waals surface area contributed by atoms with Crippen molar-refractivity contribution in [2.24, 2.45) is 7.05 Å². The van der Waals surface area contributed by atoms with Gasteiger partial charge in [-0.15, -0.1) is 0 Å². The number of nitrogens with zero attached hydrogens (tertiary/aromatic N) is 2. The monoisotopic (exact) mass is 355 g/mol. The molecular weight excluding hydrogens is 337 g/mol. The third-order valence-electron chi connectivity index (χ3n) is 3.90.